The fourth-order valence-corrected chi connectivity index (χ4v) is 7.17. The van der Waals surface area contributed by atoms with Crippen LogP contribution >= 0.6 is 0 Å². The molecule has 2 bridgehead atoms. The summed E-state index contributed by atoms with van der Waals surface area (Å²) in [7, 11) is 1.49. The van der Waals surface area contributed by atoms with Gasteiger partial charge in [0.05, 0.1) is 23.7 Å². The lowest BCUT2D eigenvalue weighted by atomic mass is 9.68. The van der Waals surface area contributed by atoms with Crippen molar-refractivity contribution < 1.29 is 19.2 Å². The molecule has 0 radical (unpaired) electrons. The molecule has 1 aliphatic heterocycles. The van der Waals surface area contributed by atoms with Crippen LogP contribution in [0.25, 0.3) is 0 Å². The number of nitrogens with one attached hydrogen (secondary N) is 1. The average molecular weight is 486 g/mol. The normalized spacial score (nSPS) is 29.5. The summed E-state index contributed by atoms with van der Waals surface area (Å²) in [6, 6.07) is 3.55. The second-order valence-electron chi connectivity index (χ2n) is 11.0. The Labute approximate surface area is 207 Å². The van der Waals surface area contributed by atoms with E-state index in [2.05, 4.69) is 10.2 Å². The molecule has 4 fully saturated rings. The van der Waals surface area contributed by atoms with E-state index in [9.17, 15) is 14.9 Å². The van der Waals surface area contributed by atoms with Gasteiger partial charge in [0.1, 0.15) is 5.75 Å². The van der Waals surface area contributed by atoms with Gasteiger partial charge in [-0.25, -0.2) is 0 Å². The predicted molar refractivity (Wildman–Crippen MR) is 133 cm³/mol. The van der Waals surface area contributed by atoms with Gasteiger partial charge >= 0.3 is 5.69 Å². The van der Waals surface area contributed by atoms with Gasteiger partial charge in [-0.05, 0) is 69.6 Å². The smallest absolute Gasteiger partial charge is 0.312 e. The van der Waals surface area contributed by atoms with Crippen molar-refractivity contribution in [1.29, 1.82) is 0 Å². The zero-order chi connectivity index (χ0) is 24.4. The summed E-state index contributed by atoms with van der Waals surface area (Å²) in [6.45, 7) is 1.87. The van der Waals surface area contributed by atoms with Crippen LogP contribution in [0.2, 0.25) is 0 Å². The summed E-state index contributed by atoms with van der Waals surface area (Å²) in [5.41, 5.74) is 0.0211. The summed E-state index contributed by atoms with van der Waals surface area (Å²) in [5, 5.41) is 15.0. The first-order chi connectivity index (χ1) is 17.0. The standard InChI is InChI=1S/C27H39N3O5/c1-34-24-16-25(35-21-11-3-2-4-12-21)23(30(32)33)15-22(24)27(31)28-20-13-14-29(17-20)26-18-7-5-8-19(26)10-6-9-18/h15-16,18-21,26H,2-14,17H2,1H3,(H,28,31)/t18?,19?,20-,26?/m0/s1. The van der Waals surface area contributed by atoms with Crippen molar-refractivity contribution in [2.24, 2.45) is 11.8 Å². The van der Waals surface area contributed by atoms with Gasteiger partial charge in [0.25, 0.3) is 5.91 Å². The van der Waals surface area contributed by atoms with Gasteiger partial charge in [-0.3, -0.25) is 19.8 Å². The third kappa shape index (κ3) is 5.27. The molecule has 1 heterocycles. The maximum absolute atomic E-state index is 13.3. The Balaban J connectivity index is 1.28. The van der Waals surface area contributed by atoms with E-state index in [1.54, 1.807) is 0 Å². The monoisotopic (exact) mass is 485 g/mol. The van der Waals surface area contributed by atoms with Crippen LogP contribution < -0.4 is 14.8 Å². The van der Waals surface area contributed by atoms with Gasteiger partial charge in [-0.2, -0.15) is 0 Å². The molecule has 1 N–H and O–H groups in total. The molecule has 8 heteroatoms. The van der Waals surface area contributed by atoms with Crippen molar-refractivity contribution in [1.82, 2.24) is 10.2 Å². The molecule has 1 aromatic carbocycles. The Bertz CT molecular complexity index is 910. The van der Waals surface area contributed by atoms with Crippen molar-refractivity contribution in [3.05, 3.63) is 27.8 Å². The zero-order valence-corrected chi connectivity index (χ0v) is 20.9. The SMILES string of the molecule is COc1cc(OC2CCCCC2)c([N+](=O)[O-])cc1C(=O)N[C@H]1CCN(C2C3CCCC2CCC3)C1. The maximum atomic E-state index is 13.3. The number of methoxy groups -OCH3 is 1. The second-order valence-corrected chi connectivity index (χ2v) is 11.0. The van der Waals surface area contributed by atoms with Crippen molar-refractivity contribution in [2.45, 2.75) is 95.2 Å². The number of nitrogens with zero attached hydrogens (tertiary/aromatic N) is 2. The molecule has 1 atom stereocenters. The minimum atomic E-state index is -0.465. The van der Waals surface area contributed by atoms with E-state index in [1.165, 1.54) is 64.2 Å². The lowest BCUT2D eigenvalue weighted by Gasteiger charge is -2.47. The van der Waals surface area contributed by atoms with Gasteiger partial charge in [-0.15, -0.1) is 0 Å². The summed E-state index contributed by atoms with van der Waals surface area (Å²) < 4.78 is 11.5. The van der Waals surface area contributed by atoms with E-state index in [-0.39, 0.29) is 35.1 Å². The van der Waals surface area contributed by atoms with Crippen LogP contribution in [0.4, 0.5) is 5.69 Å². The fourth-order valence-electron chi connectivity index (χ4n) is 7.17. The molecule has 1 aromatic rings. The van der Waals surface area contributed by atoms with Crippen LogP contribution in [-0.2, 0) is 0 Å². The molecule has 1 saturated heterocycles. The van der Waals surface area contributed by atoms with E-state index >= 15 is 0 Å². The molecule has 0 unspecified atom stereocenters. The minimum absolute atomic E-state index is 0.0319. The van der Waals surface area contributed by atoms with Gasteiger partial charge < -0.3 is 14.8 Å². The van der Waals surface area contributed by atoms with E-state index in [0.717, 1.165) is 57.0 Å². The molecule has 4 aliphatic rings. The lowest BCUT2D eigenvalue weighted by molar-refractivity contribution is -0.386. The van der Waals surface area contributed by atoms with Crippen LogP contribution in [-0.4, -0.2) is 54.1 Å². The van der Waals surface area contributed by atoms with Crippen LogP contribution in [0.1, 0.15) is 87.4 Å². The summed E-state index contributed by atoms with van der Waals surface area (Å²) >= 11 is 0. The Morgan fingerprint density at radius 1 is 0.971 bits per heavy atom. The number of ether oxygens (including phenoxy) is 2. The molecule has 0 aromatic heterocycles. The maximum Gasteiger partial charge on any atom is 0.312 e. The van der Waals surface area contributed by atoms with Gasteiger partial charge in [-0.1, -0.05) is 19.3 Å². The number of fused-ring (bicyclic) bond motifs is 2. The number of carbonyl (C=O) groups is 1. The van der Waals surface area contributed by atoms with Crippen LogP contribution in [0, 0.1) is 22.0 Å². The first-order valence-electron chi connectivity index (χ1n) is 13.6. The Kier molecular flexibility index (Phi) is 7.46. The topological polar surface area (TPSA) is 93.9 Å². The molecule has 8 nitrogen and oxygen atoms in total. The van der Waals surface area contributed by atoms with Crippen LogP contribution in [0.15, 0.2) is 12.1 Å². The molecule has 3 saturated carbocycles. The van der Waals surface area contributed by atoms with E-state index in [0.29, 0.717) is 11.8 Å². The first kappa shape index (κ1) is 24.3. The van der Waals surface area contributed by atoms with Crippen molar-refractivity contribution in [3.8, 4) is 11.5 Å². The van der Waals surface area contributed by atoms with E-state index in [4.69, 9.17) is 9.47 Å². The molecule has 0 spiro atoms. The van der Waals surface area contributed by atoms with Crippen LogP contribution in [0.3, 0.4) is 0 Å². The highest BCUT2D eigenvalue weighted by Crippen LogP contribution is 2.43. The molecule has 5 rings (SSSR count). The summed E-state index contributed by atoms with van der Waals surface area (Å²) in [5.74, 6) is 1.79. The Hall–Kier alpha value is -2.35. The quantitative estimate of drug-likeness (QED) is 0.427. The summed E-state index contributed by atoms with van der Waals surface area (Å²) in [6.07, 6.45) is 14.0. The lowest BCUT2D eigenvalue weighted by Crippen LogP contribution is -2.50. The molecule has 192 valence electrons. The first-order valence-corrected chi connectivity index (χ1v) is 13.6. The highest BCUT2D eigenvalue weighted by molar-refractivity contribution is 5.98. The van der Waals surface area contributed by atoms with Gasteiger partial charge in [0.15, 0.2) is 0 Å². The number of rotatable bonds is 7. The molecule has 1 amide bonds. The highest BCUT2D eigenvalue weighted by atomic mass is 16.6. The highest BCUT2D eigenvalue weighted by Gasteiger charge is 2.42. The van der Waals surface area contributed by atoms with Gasteiger partial charge in [0, 0.05) is 37.3 Å². The predicted octanol–water partition coefficient (Wildman–Crippen LogP) is 5.09. The number of nitro groups is 1. The largest absolute Gasteiger partial charge is 0.496 e. The summed E-state index contributed by atoms with van der Waals surface area (Å²) in [4.78, 5) is 27.3. The van der Waals surface area contributed by atoms with E-state index in [1.807, 2.05) is 0 Å². The van der Waals surface area contributed by atoms with Crippen LogP contribution in [0.5, 0.6) is 11.5 Å². The number of carbonyl (C=O) groups excluding carboxylic acids is 1. The van der Waals surface area contributed by atoms with E-state index < -0.39 is 4.92 Å². The fraction of sp³-hybridized carbons (Fsp3) is 0.741. The number of hydrogen-bond acceptors (Lipinski definition) is 6. The average Bonchev–Trinajstić information content (AvgIpc) is 3.31. The molecular weight excluding hydrogens is 446 g/mol. The third-order valence-corrected chi connectivity index (χ3v) is 8.81. The minimum Gasteiger partial charge on any atom is -0.496 e. The molecule has 3 aliphatic carbocycles. The van der Waals surface area contributed by atoms with Crippen molar-refractivity contribution in [2.75, 3.05) is 20.2 Å². The van der Waals surface area contributed by atoms with Crippen molar-refractivity contribution >= 4 is 11.6 Å². The number of benzene rings is 1. The number of amides is 1. The zero-order valence-electron chi connectivity index (χ0n) is 20.9. The number of nitro benzene ring substituents is 1. The second kappa shape index (κ2) is 10.7. The molecular formula is C27H39N3O5. The molecule has 35 heavy (non-hydrogen) atoms. The third-order valence-electron chi connectivity index (χ3n) is 8.81. The van der Waals surface area contributed by atoms with Crippen molar-refractivity contribution in [3.63, 3.8) is 0 Å². The number of hydrogen-bond donors (Lipinski definition) is 1. The Morgan fingerprint density at radius 3 is 2.29 bits per heavy atom. The Morgan fingerprint density at radius 2 is 1.66 bits per heavy atom. The number of likely N-dealkylation sites (tertiary alicyclic amines) is 1. The van der Waals surface area contributed by atoms with Gasteiger partial charge in [0.2, 0.25) is 5.75 Å².